The molecule has 8 nitrogen and oxygen atoms in total. The first-order chi connectivity index (χ1) is 16.2. The molecular formula is C25H25N5O3. The fourth-order valence-corrected chi connectivity index (χ4v) is 4.10. The van der Waals surface area contributed by atoms with E-state index in [1.165, 1.54) is 4.40 Å². The number of nitrogens with zero attached hydrogens (tertiary/aromatic N) is 5. The van der Waals surface area contributed by atoms with E-state index in [4.69, 9.17) is 4.42 Å². The third kappa shape index (κ3) is 4.85. The largest absolute Gasteiger partial charge is 0.441 e. The second-order valence-corrected chi connectivity index (χ2v) is 8.16. The van der Waals surface area contributed by atoms with Gasteiger partial charge < -0.3 is 9.32 Å². The van der Waals surface area contributed by atoms with Gasteiger partial charge in [-0.15, -0.1) is 0 Å². The van der Waals surface area contributed by atoms with Crippen LogP contribution in [0, 0.1) is 0 Å². The molecule has 4 aromatic rings. The molecule has 0 atom stereocenters. The molecule has 1 aliphatic heterocycles. The average molecular weight is 444 g/mol. The number of hydrogen-bond donors (Lipinski definition) is 0. The number of hydrogen-bond acceptors (Lipinski definition) is 6. The number of benzene rings is 1. The highest BCUT2D eigenvalue weighted by Crippen LogP contribution is 2.20. The van der Waals surface area contributed by atoms with E-state index in [-0.39, 0.29) is 11.5 Å². The Balaban J connectivity index is 1.12. The van der Waals surface area contributed by atoms with Gasteiger partial charge in [0.15, 0.2) is 11.7 Å². The lowest BCUT2D eigenvalue weighted by Crippen LogP contribution is -2.48. The van der Waals surface area contributed by atoms with E-state index in [1.807, 2.05) is 53.4 Å². The second-order valence-electron chi connectivity index (χ2n) is 8.16. The molecule has 0 N–H and O–H groups in total. The van der Waals surface area contributed by atoms with Gasteiger partial charge in [-0.05, 0) is 12.1 Å². The summed E-state index contributed by atoms with van der Waals surface area (Å²) in [4.78, 5) is 38.0. The maximum atomic E-state index is 12.7. The molecule has 0 bridgehead atoms. The molecule has 0 spiro atoms. The zero-order chi connectivity index (χ0) is 22.6. The summed E-state index contributed by atoms with van der Waals surface area (Å²) < 4.78 is 7.35. The van der Waals surface area contributed by atoms with Gasteiger partial charge in [-0.2, -0.15) is 0 Å². The highest BCUT2D eigenvalue weighted by atomic mass is 16.4. The Labute approximate surface area is 191 Å². The lowest BCUT2D eigenvalue weighted by Gasteiger charge is -2.34. The summed E-state index contributed by atoms with van der Waals surface area (Å²) in [7, 11) is 0. The Morgan fingerprint density at radius 2 is 1.79 bits per heavy atom. The first-order valence-electron chi connectivity index (χ1n) is 11.1. The highest BCUT2D eigenvalue weighted by Gasteiger charge is 2.22. The van der Waals surface area contributed by atoms with Crippen LogP contribution in [0.25, 0.3) is 17.0 Å². The average Bonchev–Trinajstić information content (AvgIpc) is 3.33. The van der Waals surface area contributed by atoms with Gasteiger partial charge in [-0.3, -0.25) is 18.9 Å². The Hall–Kier alpha value is -3.78. The van der Waals surface area contributed by atoms with Crippen LogP contribution in [0.4, 0.5) is 0 Å². The predicted molar refractivity (Wildman–Crippen MR) is 124 cm³/mol. The molecule has 0 radical (unpaired) electrons. The summed E-state index contributed by atoms with van der Waals surface area (Å²) in [6.45, 7) is 3.41. The van der Waals surface area contributed by atoms with E-state index in [0.717, 1.165) is 24.3 Å². The molecule has 3 aromatic heterocycles. The lowest BCUT2D eigenvalue weighted by atomic mass is 10.2. The number of piperazine rings is 1. The van der Waals surface area contributed by atoms with Gasteiger partial charge >= 0.3 is 0 Å². The number of carbonyl (C=O) groups excluding carboxylic acids is 1. The maximum absolute atomic E-state index is 12.7. The topological polar surface area (TPSA) is 84.0 Å². The number of carbonyl (C=O) groups is 1. The molecule has 1 aliphatic rings. The predicted octanol–water partition coefficient (Wildman–Crippen LogP) is 2.63. The summed E-state index contributed by atoms with van der Waals surface area (Å²) in [6.07, 6.45) is 4.29. The van der Waals surface area contributed by atoms with Crippen LogP contribution in [0.5, 0.6) is 0 Å². The van der Waals surface area contributed by atoms with E-state index < -0.39 is 0 Å². The van der Waals surface area contributed by atoms with Crippen LogP contribution in [0.3, 0.4) is 0 Å². The first-order valence-corrected chi connectivity index (χ1v) is 11.1. The Bertz CT molecular complexity index is 1310. The van der Waals surface area contributed by atoms with Gasteiger partial charge in [0, 0.05) is 63.4 Å². The van der Waals surface area contributed by atoms with Gasteiger partial charge in [0.25, 0.3) is 5.56 Å². The van der Waals surface area contributed by atoms with Crippen molar-refractivity contribution in [1.82, 2.24) is 24.2 Å². The SMILES string of the molecule is O=C(CCc1ncc(-c2ccccc2)o1)N1CCN(Cc2cc(=O)n3ccccc3n2)CC1. The van der Waals surface area contributed by atoms with Crippen molar-refractivity contribution in [3.8, 4) is 11.3 Å². The van der Waals surface area contributed by atoms with E-state index in [9.17, 15) is 9.59 Å². The minimum absolute atomic E-state index is 0.0774. The van der Waals surface area contributed by atoms with Crippen LogP contribution in [0.1, 0.15) is 18.0 Å². The molecule has 1 saturated heterocycles. The van der Waals surface area contributed by atoms with Gasteiger partial charge in [0.2, 0.25) is 5.91 Å². The molecule has 33 heavy (non-hydrogen) atoms. The standard InChI is InChI=1S/C25H25N5O3/c31-24(10-9-23-26-17-21(33-23)19-6-2-1-3-7-19)29-14-12-28(13-15-29)18-20-16-25(32)30-11-5-4-8-22(30)27-20/h1-8,11,16-17H,9-10,12-15,18H2. The van der Waals surface area contributed by atoms with E-state index >= 15 is 0 Å². The number of oxazole rings is 1. The van der Waals surface area contributed by atoms with Crippen LogP contribution >= 0.6 is 0 Å². The Morgan fingerprint density at radius 1 is 1.00 bits per heavy atom. The molecule has 8 heteroatoms. The van der Waals surface area contributed by atoms with Crippen molar-refractivity contribution in [2.75, 3.05) is 26.2 Å². The molecule has 1 fully saturated rings. The van der Waals surface area contributed by atoms with Crippen molar-refractivity contribution in [2.45, 2.75) is 19.4 Å². The third-order valence-corrected chi connectivity index (χ3v) is 5.90. The number of fused-ring (bicyclic) bond motifs is 1. The van der Waals surface area contributed by atoms with Gasteiger partial charge in [0.1, 0.15) is 5.65 Å². The summed E-state index contributed by atoms with van der Waals surface area (Å²) in [5, 5.41) is 0. The smallest absolute Gasteiger partial charge is 0.258 e. The summed E-state index contributed by atoms with van der Waals surface area (Å²) in [6, 6.07) is 16.9. The van der Waals surface area contributed by atoms with Crippen LogP contribution in [-0.4, -0.2) is 56.3 Å². The maximum Gasteiger partial charge on any atom is 0.258 e. The molecule has 0 unspecified atom stereocenters. The molecule has 0 aliphatic carbocycles. The van der Waals surface area contributed by atoms with Gasteiger partial charge in [-0.1, -0.05) is 36.4 Å². The molecule has 5 rings (SSSR count). The minimum atomic E-state index is -0.0774. The lowest BCUT2D eigenvalue weighted by molar-refractivity contribution is -0.133. The molecule has 1 amide bonds. The summed E-state index contributed by atoms with van der Waals surface area (Å²) >= 11 is 0. The van der Waals surface area contributed by atoms with Crippen molar-refractivity contribution >= 4 is 11.6 Å². The normalized spacial score (nSPS) is 14.6. The number of amides is 1. The van der Waals surface area contributed by atoms with Crippen molar-refractivity contribution < 1.29 is 9.21 Å². The van der Waals surface area contributed by atoms with Crippen LogP contribution in [0.15, 0.2) is 76.2 Å². The Morgan fingerprint density at radius 3 is 2.61 bits per heavy atom. The zero-order valence-electron chi connectivity index (χ0n) is 18.3. The fraction of sp³-hybridized carbons (Fsp3) is 0.280. The molecule has 1 aromatic carbocycles. The van der Waals surface area contributed by atoms with Crippen LogP contribution < -0.4 is 5.56 Å². The van der Waals surface area contributed by atoms with Crippen LogP contribution in [-0.2, 0) is 17.8 Å². The molecule has 4 heterocycles. The van der Waals surface area contributed by atoms with Crippen molar-refractivity contribution in [3.05, 3.63) is 88.9 Å². The number of aromatic nitrogens is 3. The quantitative estimate of drug-likeness (QED) is 0.456. The van der Waals surface area contributed by atoms with Crippen molar-refractivity contribution in [3.63, 3.8) is 0 Å². The fourth-order valence-electron chi connectivity index (χ4n) is 4.10. The number of aryl methyl sites for hydroxylation is 1. The Kier molecular flexibility index (Phi) is 5.99. The van der Waals surface area contributed by atoms with Crippen LogP contribution in [0.2, 0.25) is 0 Å². The highest BCUT2D eigenvalue weighted by molar-refractivity contribution is 5.76. The van der Waals surface area contributed by atoms with E-state index in [0.29, 0.717) is 49.8 Å². The van der Waals surface area contributed by atoms with E-state index in [2.05, 4.69) is 14.9 Å². The summed E-state index contributed by atoms with van der Waals surface area (Å²) in [5.41, 5.74) is 2.30. The zero-order valence-corrected chi connectivity index (χ0v) is 18.3. The number of pyridine rings is 1. The molecular weight excluding hydrogens is 418 g/mol. The summed E-state index contributed by atoms with van der Waals surface area (Å²) in [5.74, 6) is 1.40. The second kappa shape index (κ2) is 9.38. The van der Waals surface area contributed by atoms with Gasteiger partial charge in [0.05, 0.1) is 11.9 Å². The molecule has 0 saturated carbocycles. The first kappa shape index (κ1) is 21.1. The number of rotatable bonds is 6. The van der Waals surface area contributed by atoms with Crippen molar-refractivity contribution in [2.24, 2.45) is 0 Å². The van der Waals surface area contributed by atoms with Crippen molar-refractivity contribution in [1.29, 1.82) is 0 Å². The third-order valence-electron chi connectivity index (χ3n) is 5.90. The van der Waals surface area contributed by atoms with Gasteiger partial charge in [-0.25, -0.2) is 9.97 Å². The monoisotopic (exact) mass is 443 g/mol. The minimum Gasteiger partial charge on any atom is -0.441 e. The van der Waals surface area contributed by atoms with E-state index in [1.54, 1.807) is 18.5 Å². The molecule has 168 valence electrons.